The summed E-state index contributed by atoms with van der Waals surface area (Å²) in [7, 11) is 0. The molecule has 0 aromatic carbocycles. The van der Waals surface area contributed by atoms with Crippen LogP contribution in [-0.4, -0.2) is 35.1 Å². The lowest BCUT2D eigenvalue weighted by atomic mass is 9.85. The predicted molar refractivity (Wildman–Crippen MR) is 58.7 cm³/mol. The second-order valence-corrected chi connectivity index (χ2v) is 4.78. The van der Waals surface area contributed by atoms with Crippen LogP contribution < -0.4 is 0 Å². The molecule has 2 aliphatic rings. The monoisotopic (exact) mass is 209 g/mol. The molecule has 2 fully saturated rings. The van der Waals surface area contributed by atoms with Crippen LogP contribution in [0.1, 0.15) is 32.1 Å². The lowest BCUT2D eigenvalue weighted by molar-refractivity contribution is -0.132. The normalized spacial score (nSPS) is 31.2. The molecular formula is C12H19NO2. The first kappa shape index (κ1) is 10.7. The third-order valence-electron chi connectivity index (χ3n) is 3.82. The summed E-state index contributed by atoms with van der Waals surface area (Å²) in [6.45, 7) is 5.22. The van der Waals surface area contributed by atoms with E-state index in [1.807, 2.05) is 0 Å². The predicted octanol–water partition coefficient (Wildman–Crippen LogP) is 1.89. The van der Waals surface area contributed by atoms with Crippen molar-refractivity contribution < 1.29 is 9.90 Å². The zero-order valence-corrected chi connectivity index (χ0v) is 9.11. The van der Waals surface area contributed by atoms with Crippen molar-refractivity contribution in [1.82, 2.24) is 4.90 Å². The van der Waals surface area contributed by atoms with Crippen molar-refractivity contribution in [2.75, 3.05) is 13.1 Å². The van der Waals surface area contributed by atoms with Crippen molar-refractivity contribution in [3.8, 4) is 0 Å². The van der Waals surface area contributed by atoms with Crippen LogP contribution in [0.3, 0.4) is 0 Å². The Morgan fingerprint density at radius 3 is 2.80 bits per heavy atom. The summed E-state index contributed by atoms with van der Waals surface area (Å²) in [6, 6.07) is 0.634. The lowest BCUT2D eigenvalue weighted by Crippen LogP contribution is -2.36. The molecule has 3 heteroatoms. The van der Waals surface area contributed by atoms with E-state index in [0.29, 0.717) is 18.2 Å². The molecule has 0 bridgehead atoms. The van der Waals surface area contributed by atoms with Crippen molar-refractivity contribution in [2.24, 2.45) is 5.92 Å². The van der Waals surface area contributed by atoms with Gasteiger partial charge in [-0.3, -0.25) is 4.90 Å². The number of likely N-dealkylation sites (tertiary alicyclic amines) is 1. The number of aliphatic carboxylic acids is 1. The summed E-state index contributed by atoms with van der Waals surface area (Å²) in [5, 5.41) is 8.81. The van der Waals surface area contributed by atoms with Gasteiger partial charge in [-0.25, -0.2) is 4.79 Å². The maximum absolute atomic E-state index is 10.7. The SMILES string of the molecule is C=C(CN1CCC2CCCCC21)C(=O)O. The van der Waals surface area contributed by atoms with Crippen LogP contribution in [-0.2, 0) is 4.79 Å². The molecule has 1 aliphatic heterocycles. The minimum Gasteiger partial charge on any atom is -0.478 e. The third-order valence-corrected chi connectivity index (χ3v) is 3.82. The standard InChI is InChI=1S/C12H19NO2/c1-9(12(14)15)8-13-7-6-10-4-2-3-5-11(10)13/h10-11H,1-8H2,(H,14,15). The molecule has 0 spiro atoms. The topological polar surface area (TPSA) is 40.5 Å². The van der Waals surface area contributed by atoms with E-state index in [1.54, 1.807) is 0 Å². The van der Waals surface area contributed by atoms with Crippen molar-refractivity contribution in [3.63, 3.8) is 0 Å². The fraction of sp³-hybridized carbons (Fsp3) is 0.750. The fourth-order valence-electron chi connectivity index (χ4n) is 3.01. The maximum atomic E-state index is 10.7. The second kappa shape index (κ2) is 4.35. The fourth-order valence-corrected chi connectivity index (χ4v) is 3.01. The van der Waals surface area contributed by atoms with Gasteiger partial charge >= 0.3 is 5.97 Å². The minimum absolute atomic E-state index is 0.334. The molecule has 0 radical (unpaired) electrons. The van der Waals surface area contributed by atoms with Gasteiger partial charge in [0.15, 0.2) is 0 Å². The number of carbonyl (C=O) groups is 1. The van der Waals surface area contributed by atoms with Gasteiger partial charge in [0.2, 0.25) is 0 Å². The molecule has 0 aromatic heterocycles. The van der Waals surface area contributed by atoms with Crippen LogP contribution in [0.2, 0.25) is 0 Å². The van der Waals surface area contributed by atoms with Gasteiger partial charge in [-0.1, -0.05) is 19.4 Å². The highest BCUT2D eigenvalue weighted by Gasteiger charge is 2.35. The van der Waals surface area contributed by atoms with Gasteiger partial charge in [-0.15, -0.1) is 0 Å². The highest BCUT2D eigenvalue weighted by atomic mass is 16.4. The van der Waals surface area contributed by atoms with E-state index in [9.17, 15) is 4.79 Å². The van der Waals surface area contributed by atoms with Gasteiger partial charge in [0, 0.05) is 18.2 Å². The number of carboxylic acids is 1. The molecule has 1 saturated carbocycles. The summed E-state index contributed by atoms with van der Waals surface area (Å²) in [5.74, 6) is -0.0328. The Bertz CT molecular complexity index is 275. The Kier molecular flexibility index (Phi) is 3.10. The molecule has 0 amide bonds. The average Bonchev–Trinajstić information content (AvgIpc) is 2.62. The molecular weight excluding hydrogens is 190 g/mol. The van der Waals surface area contributed by atoms with E-state index >= 15 is 0 Å². The smallest absolute Gasteiger partial charge is 0.332 e. The number of hydrogen-bond donors (Lipinski definition) is 1. The Balaban J connectivity index is 1.93. The van der Waals surface area contributed by atoms with Crippen LogP contribution in [0.25, 0.3) is 0 Å². The summed E-state index contributed by atoms with van der Waals surface area (Å²) in [4.78, 5) is 13.0. The Morgan fingerprint density at radius 2 is 2.07 bits per heavy atom. The van der Waals surface area contributed by atoms with Crippen LogP contribution in [0, 0.1) is 5.92 Å². The van der Waals surface area contributed by atoms with Crippen LogP contribution >= 0.6 is 0 Å². The lowest BCUT2D eigenvalue weighted by Gasteiger charge is -2.31. The van der Waals surface area contributed by atoms with Crippen LogP contribution in [0.4, 0.5) is 0 Å². The Hall–Kier alpha value is -0.830. The summed E-state index contributed by atoms with van der Waals surface area (Å²) < 4.78 is 0. The van der Waals surface area contributed by atoms with E-state index < -0.39 is 5.97 Å². The van der Waals surface area contributed by atoms with Gasteiger partial charge in [-0.2, -0.15) is 0 Å². The molecule has 2 unspecified atom stereocenters. The average molecular weight is 209 g/mol. The van der Waals surface area contributed by atoms with Gasteiger partial charge in [0.25, 0.3) is 0 Å². The number of fused-ring (bicyclic) bond motifs is 1. The molecule has 2 atom stereocenters. The van der Waals surface area contributed by atoms with Crippen molar-refractivity contribution >= 4 is 5.97 Å². The Labute approximate surface area is 90.8 Å². The molecule has 1 N–H and O–H groups in total. The zero-order valence-electron chi connectivity index (χ0n) is 9.11. The van der Waals surface area contributed by atoms with E-state index in [1.165, 1.54) is 32.1 Å². The highest BCUT2D eigenvalue weighted by molar-refractivity contribution is 5.86. The zero-order chi connectivity index (χ0) is 10.8. The van der Waals surface area contributed by atoms with Crippen LogP contribution in [0.15, 0.2) is 12.2 Å². The van der Waals surface area contributed by atoms with E-state index in [0.717, 1.165) is 12.5 Å². The Morgan fingerprint density at radius 1 is 1.33 bits per heavy atom. The van der Waals surface area contributed by atoms with Gasteiger partial charge in [-0.05, 0) is 31.7 Å². The number of rotatable bonds is 3. The van der Waals surface area contributed by atoms with E-state index in [2.05, 4.69) is 11.5 Å². The van der Waals surface area contributed by atoms with Gasteiger partial charge in [0.05, 0.1) is 0 Å². The molecule has 1 aliphatic carbocycles. The maximum Gasteiger partial charge on any atom is 0.332 e. The minimum atomic E-state index is -0.853. The summed E-state index contributed by atoms with van der Waals surface area (Å²) in [5.41, 5.74) is 0.334. The number of carboxylic acid groups (broad SMARTS) is 1. The van der Waals surface area contributed by atoms with Crippen molar-refractivity contribution in [2.45, 2.75) is 38.1 Å². The molecule has 1 saturated heterocycles. The van der Waals surface area contributed by atoms with Gasteiger partial charge in [0.1, 0.15) is 0 Å². The molecule has 15 heavy (non-hydrogen) atoms. The van der Waals surface area contributed by atoms with Crippen molar-refractivity contribution in [3.05, 3.63) is 12.2 Å². The first-order valence-corrected chi connectivity index (χ1v) is 5.83. The number of hydrogen-bond acceptors (Lipinski definition) is 2. The summed E-state index contributed by atoms with van der Waals surface area (Å²) >= 11 is 0. The molecule has 84 valence electrons. The second-order valence-electron chi connectivity index (χ2n) is 4.78. The first-order valence-electron chi connectivity index (χ1n) is 5.83. The molecule has 0 aromatic rings. The van der Waals surface area contributed by atoms with Gasteiger partial charge < -0.3 is 5.11 Å². The molecule has 3 nitrogen and oxygen atoms in total. The first-order chi connectivity index (χ1) is 7.18. The van der Waals surface area contributed by atoms with Crippen LogP contribution in [0.5, 0.6) is 0 Å². The van der Waals surface area contributed by atoms with Crippen molar-refractivity contribution in [1.29, 1.82) is 0 Å². The highest BCUT2D eigenvalue weighted by Crippen LogP contribution is 2.36. The molecule has 2 rings (SSSR count). The quantitative estimate of drug-likeness (QED) is 0.722. The largest absolute Gasteiger partial charge is 0.478 e. The van der Waals surface area contributed by atoms with E-state index in [-0.39, 0.29) is 0 Å². The molecule has 1 heterocycles. The van der Waals surface area contributed by atoms with E-state index in [4.69, 9.17) is 5.11 Å². The number of nitrogens with zero attached hydrogens (tertiary/aromatic N) is 1. The third kappa shape index (κ3) is 2.23. The summed E-state index contributed by atoms with van der Waals surface area (Å²) in [6.07, 6.45) is 6.49.